The van der Waals surface area contributed by atoms with Gasteiger partial charge in [-0.05, 0) is 54.1 Å². The first-order valence-corrected chi connectivity index (χ1v) is 12.2. The zero-order valence-electron chi connectivity index (χ0n) is 19.3. The van der Waals surface area contributed by atoms with Crippen LogP contribution in [0.15, 0.2) is 84.3 Å². The molecule has 8 N–H and O–H groups in total. The summed E-state index contributed by atoms with van der Waals surface area (Å²) in [5.74, 6) is 0.963. The van der Waals surface area contributed by atoms with Crippen LogP contribution in [-0.2, 0) is 0 Å². The van der Waals surface area contributed by atoms with Crippen LogP contribution < -0.4 is 22.1 Å². The molecule has 0 saturated heterocycles. The fraction of sp³-hybridized carbons (Fsp3) is 0. The molecule has 10 nitrogen and oxygen atoms in total. The van der Waals surface area contributed by atoms with Gasteiger partial charge in [0.25, 0.3) is 5.91 Å². The number of carbonyl (C=O) groups is 1. The van der Waals surface area contributed by atoms with Gasteiger partial charge in [0.1, 0.15) is 5.69 Å². The fourth-order valence-corrected chi connectivity index (χ4v) is 4.84. The molecule has 0 radical (unpaired) electrons. The summed E-state index contributed by atoms with van der Waals surface area (Å²) in [7, 11) is 0. The Balaban J connectivity index is 1.34. The summed E-state index contributed by atoms with van der Waals surface area (Å²) in [5, 5.41) is 17.1. The third kappa shape index (κ3) is 4.23. The monoisotopic (exact) mass is 507 g/mol. The highest BCUT2D eigenvalue weighted by molar-refractivity contribution is 7.17. The summed E-state index contributed by atoms with van der Waals surface area (Å²) in [6.45, 7) is 0. The van der Waals surface area contributed by atoms with Gasteiger partial charge in [-0.3, -0.25) is 9.89 Å². The van der Waals surface area contributed by atoms with Gasteiger partial charge in [0.15, 0.2) is 11.6 Å². The smallest absolute Gasteiger partial charge is 0.272 e. The second-order valence-electron chi connectivity index (χ2n) is 8.25. The predicted molar refractivity (Wildman–Crippen MR) is 147 cm³/mol. The number of fused-ring (bicyclic) bond motifs is 3. The number of carbonyl (C=O) groups excluding carboxylic acids is 1. The molecule has 6 aromatic rings. The minimum absolute atomic E-state index is 0.329. The molecule has 0 atom stereocenters. The van der Waals surface area contributed by atoms with Crippen LogP contribution in [0.1, 0.15) is 10.5 Å². The predicted octanol–water partition coefficient (Wildman–Crippen LogP) is 4.46. The van der Waals surface area contributed by atoms with Crippen molar-refractivity contribution in [3.63, 3.8) is 0 Å². The molecule has 0 aliphatic carbocycles. The minimum atomic E-state index is -0.329. The number of nitrogens with two attached hydrogens (primary N) is 2. The summed E-state index contributed by atoms with van der Waals surface area (Å²) in [5.41, 5.74) is 16.0. The molecule has 0 aliphatic rings. The minimum Gasteiger partial charge on any atom is -0.405 e. The highest BCUT2D eigenvalue weighted by Gasteiger charge is 2.14. The van der Waals surface area contributed by atoms with Gasteiger partial charge in [-0.2, -0.15) is 5.10 Å². The normalized spacial score (nSPS) is 12.2. The lowest BCUT2D eigenvalue weighted by molar-refractivity contribution is 0.0963. The summed E-state index contributed by atoms with van der Waals surface area (Å²) < 4.78 is 0.964. The Bertz CT molecular complexity index is 1840. The molecule has 4 aromatic heterocycles. The van der Waals surface area contributed by atoms with Crippen LogP contribution >= 0.6 is 11.3 Å². The molecule has 0 saturated carbocycles. The largest absolute Gasteiger partial charge is 0.405 e. The van der Waals surface area contributed by atoms with E-state index in [-0.39, 0.29) is 5.91 Å². The Morgan fingerprint density at radius 3 is 2.78 bits per heavy atom. The van der Waals surface area contributed by atoms with Gasteiger partial charge < -0.3 is 27.1 Å². The molecule has 1 amide bonds. The lowest BCUT2D eigenvalue weighted by atomic mass is 10.1. The van der Waals surface area contributed by atoms with Crippen molar-refractivity contribution in [2.45, 2.75) is 0 Å². The van der Waals surface area contributed by atoms with Crippen molar-refractivity contribution in [3.8, 4) is 11.4 Å². The lowest BCUT2D eigenvalue weighted by Crippen LogP contribution is -2.23. The van der Waals surface area contributed by atoms with Crippen LogP contribution in [-0.4, -0.2) is 31.1 Å². The maximum Gasteiger partial charge on any atom is 0.272 e. The fourth-order valence-electron chi connectivity index (χ4n) is 4.06. The Kier molecular flexibility index (Phi) is 5.51. The maximum absolute atomic E-state index is 12.7. The van der Waals surface area contributed by atoms with Gasteiger partial charge in [0.05, 0.1) is 27.6 Å². The van der Waals surface area contributed by atoms with Crippen molar-refractivity contribution in [2.75, 3.05) is 5.32 Å². The van der Waals surface area contributed by atoms with Crippen LogP contribution in [0, 0.1) is 0 Å². The van der Waals surface area contributed by atoms with E-state index in [1.807, 2.05) is 47.8 Å². The van der Waals surface area contributed by atoms with Crippen molar-refractivity contribution in [2.24, 2.45) is 11.5 Å². The first kappa shape index (κ1) is 22.3. The Morgan fingerprint density at radius 1 is 1.00 bits per heavy atom. The van der Waals surface area contributed by atoms with Crippen LogP contribution in [0.4, 0.5) is 11.5 Å². The van der Waals surface area contributed by atoms with Crippen molar-refractivity contribution in [1.82, 2.24) is 30.5 Å². The SMILES string of the molecule is N/C=C\C(=C/N)NC(=O)c1cc2ccc(-c3nc(Nc4ccc5[nH]ncc5c4)c4sccc4n3)cc2[nH]1. The molecular weight excluding hydrogens is 486 g/mol. The molecule has 0 unspecified atom stereocenters. The van der Waals surface area contributed by atoms with Crippen LogP contribution in [0.5, 0.6) is 0 Å². The summed E-state index contributed by atoms with van der Waals surface area (Å²) >= 11 is 1.58. The van der Waals surface area contributed by atoms with E-state index in [9.17, 15) is 4.79 Å². The van der Waals surface area contributed by atoms with Crippen LogP contribution in [0.25, 0.3) is 43.4 Å². The molecule has 2 aromatic carbocycles. The number of thiophene rings is 1. The highest BCUT2D eigenvalue weighted by Crippen LogP contribution is 2.32. The van der Waals surface area contributed by atoms with Gasteiger partial charge in [0.2, 0.25) is 0 Å². The Morgan fingerprint density at radius 2 is 1.92 bits per heavy atom. The molecular formula is C26H21N9OS. The van der Waals surface area contributed by atoms with E-state index in [1.54, 1.807) is 23.6 Å². The number of nitrogens with one attached hydrogen (secondary N) is 4. The number of rotatable bonds is 6. The number of hydrogen-bond donors (Lipinski definition) is 6. The zero-order valence-corrected chi connectivity index (χ0v) is 20.1. The third-order valence-corrected chi connectivity index (χ3v) is 6.76. The lowest BCUT2D eigenvalue weighted by Gasteiger charge is -2.09. The number of nitrogens with zero attached hydrogens (tertiary/aromatic N) is 3. The Labute approximate surface area is 214 Å². The van der Waals surface area contributed by atoms with Crippen LogP contribution in [0.3, 0.4) is 0 Å². The highest BCUT2D eigenvalue weighted by atomic mass is 32.1. The molecule has 0 fully saturated rings. The molecule has 0 bridgehead atoms. The van der Waals surface area contributed by atoms with Gasteiger partial charge in [-0.25, -0.2) is 9.97 Å². The zero-order chi connectivity index (χ0) is 25.4. The molecule has 4 heterocycles. The first-order chi connectivity index (χ1) is 18.1. The summed E-state index contributed by atoms with van der Waals surface area (Å²) in [4.78, 5) is 25.5. The van der Waals surface area contributed by atoms with Gasteiger partial charge >= 0.3 is 0 Å². The first-order valence-electron chi connectivity index (χ1n) is 11.3. The second-order valence-corrected chi connectivity index (χ2v) is 9.16. The number of H-pyrrole nitrogens is 2. The van der Waals surface area contributed by atoms with E-state index in [1.165, 1.54) is 18.5 Å². The molecule has 6 rings (SSSR count). The number of benzene rings is 2. The molecule has 0 spiro atoms. The standard InChI is InChI=1S/C26H21N9OS/c27-7-5-18(12-28)31-26(36)22-10-14-1-2-15(11-21(14)32-22)24-33-20-6-8-37-23(20)25(34-24)30-17-3-4-19-16(9-17)13-29-35-19/h1-13,32H,27-28H2,(H,29,35)(H,31,36)(H,30,33,34)/b7-5-,18-12+. The molecule has 182 valence electrons. The van der Waals surface area contributed by atoms with Crippen molar-refractivity contribution >= 4 is 60.8 Å². The van der Waals surface area contributed by atoms with Gasteiger partial charge in [-0.15, -0.1) is 11.3 Å². The molecule has 37 heavy (non-hydrogen) atoms. The van der Waals surface area contributed by atoms with E-state index >= 15 is 0 Å². The average Bonchev–Trinajstić information content (AvgIpc) is 3.66. The third-order valence-electron chi connectivity index (χ3n) is 5.85. The number of allylic oxidation sites excluding steroid dienone is 1. The van der Waals surface area contributed by atoms with Gasteiger partial charge in [0, 0.05) is 33.7 Å². The van der Waals surface area contributed by atoms with E-state index < -0.39 is 0 Å². The second kappa shape index (κ2) is 9.13. The van der Waals surface area contributed by atoms with E-state index in [0.29, 0.717) is 17.2 Å². The molecule has 11 heteroatoms. The van der Waals surface area contributed by atoms with Crippen LogP contribution in [0.2, 0.25) is 0 Å². The number of amides is 1. The van der Waals surface area contributed by atoms with E-state index in [4.69, 9.17) is 21.4 Å². The number of hydrogen-bond acceptors (Lipinski definition) is 8. The van der Waals surface area contributed by atoms with Crippen molar-refractivity contribution in [3.05, 3.63) is 90.0 Å². The summed E-state index contributed by atoms with van der Waals surface area (Å²) in [6, 6.07) is 15.5. The molecule has 0 aliphatic heterocycles. The average molecular weight is 508 g/mol. The van der Waals surface area contributed by atoms with Crippen molar-refractivity contribution in [1.29, 1.82) is 0 Å². The van der Waals surface area contributed by atoms with E-state index in [2.05, 4.69) is 25.8 Å². The number of aromatic nitrogens is 5. The maximum atomic E-state index is 12.7. The van der Waals surface area contributed by atoms with Gasteiger partial charge in [-0.1, -0.05) is 12.1 Å². The summed E-state index contributed by atoms with van der Waals surface area (Å²) in [6.07, 6.45) is 5.88. The quantitative estimate of drug-likeness (QED) is 0.181. The number of aromatic amines is 2. The van der Waals surface area contributed by atoms with Crippen molar-refractivity contribution < 1.29 is 4.79 Å². The van der Waals surface area contributed by atoms with E-state index in [0.717, 1.165) is 49.1 Å². The Hall–Kier alpha value is -5.16. The number of anilines is 2. The topological polar surface area (TPSA) is 163 Å².